The van der Waals surface area contributed by atoms with Gasteiger partial charge in [0.1, 0.15) is 0 Å². The van der Waals surface area contributed by atoms with E-state index in [0.29, 0.717) is 6.10 Å². The van der Waals surface area contributed by atoms with E-state index in [9.17, 15) is 0 Å². The minimum Gasteiger partial charge on any atom is -0.380 e. The van der Waals surface area contributed by atoms with E-state index in [0.717, 1.165) is 13.0 Å². The zero-order chi connectivity index (χ0) is 6.69. The predicted octanol–water partition coefficient (Wildman–Crippen LogP) is 1.15. The molecule has 1 aliphatic heterocycles. The molecule has 3 heteroatoms. The van der Waals surface area contributed by atoms with Crippen molar-refractivity contribution in [2.45, 2.75) is 12.5 Å². The third kappa shape index (κ3) is 1.85. The largest absolute Gasteiger partial charge is 0.380 e. The van der Waals surface area contributed by atoms with Gasteiger partial charge in [-0.05, 0) is 12.7 Å². The van der Waals surface area contributed by atoms with Gasteiger partial charge in [-0.1, -0.05) is 11.9 Å². The predicted molar refractivity (Wildman–Crippen MR) is 39.9 cm³/mol. The molecule has 1 heterocycles. The molecule has 0 aromatic heterocycles. The van der Waals surface area contributed by atoms with Crippen LogP contribution in [0.2, 0.25) is 0 Å². The normalized spacial score (nSPS) is 29.3. The van der Waals surface area contributed by atoms with Gasteiger partial charge in [-0.3, -0.25) is 0 Å². The molecule has 0 aliphatic carbocycles. The summed E-state index contributed by atoms with van der Waals surface area (Å²) >= 11 is 1.75. The van der Waals surface area contributed by atoms with E-state index in [1.165, 1.54) is 0 Å². The van der Waals surface area contributed by atoms with Gasteiger partial charge in [0.05, 0.1) is 6.10 Å². The summed E-state index contributed by atoms with van der Waals surface area (Å²) in [6, 6.07) is 0. The second-order valence-electron chi connectivity index (χ2n) is 2.06. The van der Waals surface area contributed by atoms with Crippen LogP contribution in [0, 0.1) is 6.54 Å². The highest BCUT2D eigenvalue weighted by atomic mass is 32.2. The first-order valence-electron chi connectivity index (χ1n) is 3.03. The zero-order valence-corrected chi connectivity index (χ0v) is 6.65. The third-order valence-electron chi connectivity index (χ3n) is 1.52. The molecule has 0 aromatic rings. The van der Waals surface area contributed by atoms with Crippen LogP contribution in [-0.2, 0) is 4.74 Å². The summed E-state index contributed by atoms with van der Waals surface area (Å²) in [6.07, 6.45) is 3.57. The maximum atomic E-state index is 5.16. The van der Waals surface area contributed by atoms with Crippen LogP contribution in [0.4, 0.5) is 0 Å². The van der Waals surface area contributed by atoms with Crippen molar-refractivity contribution in [2.75, 3.05) is 19.9 Å². The maximum absolute atomic E-state index is 5.16. The Hall–Kier alpha value is 0.270. The van der Waals surface area contributed by atoms with Crippen molar-refractivity contribution in [2.24, 2.45) is 0 Å². The Labute approximate surface area is 60.7 Å². The Bertz CT molecular complexity index is 79.1. The first-order valence-corrected chi connectivity index (χ1v) is 4.22. The lowest BCUT2D eigenvalue weighted by Gasteiger charge is -2.09. The van der Waals surface area contributed by atoms with Crippen LogP contribution in [-0.4, -0.2) is 30.3 Å². The Kier molecular flexibility index (Phi) is 2.82. The third-order valence-corrected chi connectivity index (χ3v) is 2.29. The highest BCUT2D eigenvalue weighted by molar-refractivity contribution is 7.96. The van der Waals surface area contributed by atoms with Gasteiger partial charge in [0.15, 0.2) is 0 Å². The van der Waals surface area contributed by atoms with Gasteiger partial charge in [-0.25, -0.2) is 4.31 Å². The fourth-order valence-electron chi connectivity index (χ4n) is 0.905. The van der Waals surface area contributed by atoms with Crippen LogP contribution in [0.15, 0.2) is 0 Å². The standard InChI is InChI=1S/C6H12NOS/c1-8-6-3-4-7(5-6)9-2/h4,6H,3,5H2,1-2H3. The molecule has 2 nitrogen and oxygen atoms in total. The van der Waals surface area contributed by atoms with Crippen LogP contribution in [0.5, 0.6) is 0 Å². The summed E-state index contributed by atoms with van der Waals surface area (Å²) in [5, 5.41) is 0. The van der Waals surface area contributed by atoms with Crippen LogP contribution < -0.4 is 0 Å². The van der Waals surface area contributed by atoms with E-state index in [1.54, 1.807) is 19.1 Å². The summed E-state index contributed by atoms with van der Waals surface area (Å²) in [5.74, 6) is 0. The molecule has 0 N–H and O–H groups in total. The van der Waals surface area contributed by atoms with Crippen LogP contribution in [0.3, 0.4) is 0 Å². The number of ether oxygens (including phenoxy) is 1. The van der Waals surface area contributed by atoms with E-state index < -0.39 is 0 Å². The Morgan fingerprint density at radius 1 is 1.78 bits per heavy atom. The molecule has 1 rings (SSSR count). The average Bonchev–Trinajstić information content (AvgIpc) is 2.34. The lowest BCUT2D eigenvalue weighted by Crippen LogP contribution is -2.14. The first-order chi connectivity index (χ1) is 4.36. The van der Waals surface area contributed by atoms with Crippen LogP contribution >= 0.6 is 11.9 Å². The maximum Gasteiger partial charge on any atom is 0.0723 e. The smallest absolute Gasteiger partial charge is 0.0723 e. The quantitative estimate of drug-likeness (QED) is 0.542. The topological polar surface area (TPSA) is 12.5 Å². The van der Waals surface area contributed by atoms with Crippen molar-refractivity contribution in [3.8, 4) is 0 Å². The molecule has 53 valence electrons. The summed E-state index contributed by atoms with van der Waals surface area (Å²) in [6.45, 7) is 3.22. The minimum absolute atomic E-state index is 0.428. The van der Waals surface area contributed by atoms with Crippen molar-refractivity contribution in [3.63, 3.8) is 0 Å². The van der Waals surface area contributed by atoms with Crippen molar-refractivity contribution >= 4 is 11.9 Å². The summed E-state index contributed by atoms with van der Waals surface area (Å²) in [7, 11) is 1.77. The fraction of sp³-hybridized carbons (Fsp3) is 0.833. The Balaban J connectivity index is 2.20. The summed E-state index contributed by atoms with van der Waals surface area (Å²) < 4.78 is 7.36. The summed E-state index contributed by atoms with van der Waals surface area (Å²) in [5.41, 5.74) is 0. The Morgan fingerprint density at radius 3 is 2.89 bits per heavy atom. The van der Waals surface area contributed by atoms with Crippen LogP contribution in [0.25, 0.3) is 0 Å². The summed E-state index contributed by atoms with van der Waals surface area (Å²) in [4.78, 5) is 0. The average molecular weight is 146 g/mol. The van der Waals surface area contributed by atoms with Gasteiger partial charge in [0.25, 0.3) is 0 Å². The molecule has 0 saturated carbocycles. The highest BCUT2D eigenvalue weighted by Gasteiger charge is 2.21. The molecular formula is C6H12NOS. The molecule has 0 bridgehead atoms. The van der Waals surface area contributed by atoms with E-state index in [2.05, 4.69) is 17.1 Å². The zero-order valence-electron chi connectivity index (χ0n) is 5.83. The molecule has 1 radical (unpaired) electrons. The molecule has 1 saturated heterocycles. The number of rotatable bonds is 2. The SMILES string of the molecule is COC1C[CH]N(SC)C1. The highest BCUT2D eigenvalue weighted by Crippen LogP contribution is 2.21. The molecule has 0 spiro atoms. The van der Waals surface area contributed by atoms with E-state index in [-0.39, 0.29) is 0 Å². The van der Waals surface area contributed by atoms with E-state index >= 15 is 0 Å². The van der Waals surface area contributed by atoms with Gasteiger partial charge < -0.3 is 4.74 Å². The monoisotopic (exact) mass is 146 g/mol. The number of nitrogens with zero attached hydrogens (tertiary/aromatic N) is 1. The van der Waals surface area contributed by atoms with E-state index in [4.69, 9.17) is 4.74 Å². The molecule has 1 aliphatic rings. The molecule has 0 aromatic carbocycles. The molecule has 1 fully saturated rings. The Morgan fingerprint density at radius 2 is 2.56 bits per heavy atom. The van der Waals surface area contributed by atoms with Gasteiger partial charge in [0, 0.05) is 20.2 Å². The lowest BCUT2D eigenvalue weighted by atomic mass is 10.3. The fourth-order valence-corrected chi connectivity index (χ4v) is 1.46. The van der Waals surface area contributed by atoms with Gasteiger partial charge >= 0.3 is 0 Å². The van der Waals surface area contributed by atoms with E-state index in [1.807, 2.05) is 0 Å². The van der Waals surface area contributed by atoms with Gasteiger partial charge in [-0.2, -0.15) is 0 Å². The second-order valence-corrected chi connectivity index (χ2v) is 2.89. The van der Waals surface area contributed by atoms with Gasteiger partial charge in [-0.15, -0.1) is 0 Å². The van der Waals surface area contributed by atoms with Crippen molar-refractivity contribution in [3.05, 3.63) is 6.54 Å². The molecule has 9 heavy (non-hydrogen) atoms. The van der Waals surface area contributed by atoms with Gasteiger partial charge in [0.2, 0.25) is 0 Å². The second kappa shape index (κ2) is 3.44. The van der Waals surface area contributed by atoms with Crippen LogP contribution in [0.1, 0.15) is 6.42 Å². The number of hydrogen-bond acceptors (Lipinski definition) is 3. The van der Waals surface area contributed by atoms with Crippen molar-refractivity contribution < 1.29 is 4.74 Å². The first kappa shape index (κ1) is 7.38. The lowest BCUT2D eigenvalue weighted by molar-refractivity contribution is 0.116. The molecular weight excluding hydrogens is 134 g/mol. The molecule has 0 amide bonds. The number of hydrogen-bond donors (Lipinski definition) is 0. The minimum atomic E-state index is 0.428. The molecule has 1 atom stereocenters. The van der Waals surface area contributed by atoms with Crippen molar-refractivity contribution in [1.82, 2.24) is 4.31 Å². The molecule has 1 unspecified atom stereocenters. The number of methoxy groups -OCH3 is 1. The van der Waals surface area contributed by atoms with Crippen molar-refractivity contribution in [1.29, 1.82) is 0 Å².